The average molecular weight is 1110 g/mol. The third-order valence-electron chi connectivity index (χ3n) is 12.9. The van der Waals surface area contributed by atoms with Crippen LogP contribution in [0.25, 0.3) is 38.8 Å². The molecule has 0 bridgehead atoms. The van der Waals surface area contributed by atoms with Gasteiger partial charge in [0.2, 0.25) is 0 Å². The normalized spacial score (nSPS) is 14.7. The fourth-order valence-corrected chi connectivity index (χ4v) is 9.20. The van der Waals surface area contributed by atoms with E-state index in [0.29, 0.717) is 17.2 Å². The molecule has 9 nitrogen and oxygen atoms in total. The number of para-hydroxylation sites is 3. The van der Waals surface area contributed by atoms with Crippen LogP contribution in [0.1, 0.15) is 94.2 Å². The Hall–Kier alpha value is -5.64. The summed E-state index contributed by atoms with van der Waals surface area (Å²) >= 11 is 0. The first-order chi connectivity index (χ1) is 32.7. The van der Waals surface area contributed by atoms with Gasteiger partial charge >= 0.3 is 21.4 Å². The van der Waals surface area contributed by atoms with Crippen LogP contribution in [-0.2, 0) is 45.6 Å². The van der Waals surface area contributed by atoms with Crippen molar-refractivity contribution in [1.82, 2.24) is 14.5 Å². The summed E-state index contributed by atoms with van der Waals surface area (Å²) in [5, 5.41) is 1.56. The Kier molecular flexibility index (Phi) is 13.1. The zero-order valence-electron chi connectivity index (χ0n) is 42.2. The summed E-state index contributed by atoms with van der Waals surface area (Å²) in [6.45, 7) is 28.3. The number of fused-ring (bicyclic) bond motifs is 4. The van der Waals surface area contributed by atoms with Gasteiger partial charge in [-0.1, -0.05) is 173 Å². The van der Waals surface area contributed by atoms with Crippen LogP contribution in [0.3, 0.4) is 0 Å². The molecular formula is C57H59B3N5O4Pt-3. The van der Waals surface area contributed by atoms with Crippen LogP contribution in [0.2, 0.25) is 10.6 Å². The van der Waals surface area contributed by atoms with Crippen LogP contribution in [0, 0.1) is 18.8 Å². The monoisotopic (exact) mass is 1110 g/mol. The van der Waals surface area contributed by atoms with Crippen molar-refractivity contribution in [2.75, 3.05) is 9.80 Å². The minimum atomic E-state index is -0.694. The van der Waals surface area contributed by atoms with Crippen molar-refractivity contribution in [2.45, 2.75) is 105 Å². The average Bonchev–Trinajstić information content (AvgIpc) is 3.86. The maximum absolute atomic E-state index is 6.78. The quantitative estimate of drug-likeness (QED) is 0.115. The molecule has 0 radical (unpaired) electrons. The van der Waals surface area contributed by atoms with E-state index in [9.17, 15) is 0 Å². The smallest absolute Gasteiger partial charge is 0.468 e. The molecule has 13 heteroatoms. The molecule has 5 heterocycles. The van der Waals surface area contributed by atoms with E-state index in [1.807, 2.05) is 24.5 Å². The molecule has 0 aliphatic carbocycles. The molecule has 1 saturated heterocycles. The fraction of sp³-hybridized carbons (Fsp3) is 0.281. The van der Waals surface area contributed by atoms with Crippen LogP contribution in [0.5, 0.6) is 11.5 Å². The number of benzene rings is 5. The third-order valence-corrected chi connectivity index (χ3v) is 12.9. The van der Waals surface area contributed by atoms with Gasteiger partial charge in [-0.15, -0.1) is 30.3 Å². The molecule has 0 N–H and O–H groups in total. The minimum Gasteiger partial charge on any atom is -0.508 e. The predicted octanol–water partition coefficient (Wildman–Crippen LogP) is 14.0. The van der Waals surface area contributed by atoms with Gasteiger partial charge in [-0.05, 0) is 85.6 Å². The summed E-state index contributed by atoms with van der Waals surface area (Å²) in [5.74, 6) is 1.81. The Bertz CT molecular complexity index is 3190. The Labute approximate surface area is 429 Å². The second-order valence-corrected chi connectivity index (χ2v) is 22.5. The van der Waals surface area contributed by atoms with Gasteiger partial charge in [0.1, 0.15) is 5.82 Å². The van der Waals surface area contributed by atoms with E-state index in [1.54, 1.807) is 6.20 Å². The van der Waals surface area contributed by atoms with E-state index < -0.39 is 21.4 Å². The van der Waals surface area contributed by atoms with E-state index >= 15 is 0 Å². The molecule has 1 fully saturated rings. The zero-order chi connectivity index (χ0) is 48.6. The zero-order valence-corrected chi connectivity index (χ0v) is 44.5. The van der Waals surface area contributed by atoms with Crippen molar-refractivity contribution in [3.05, 3.63) is 164 Å². The van der Waals surface area contributed by atoms with Gasteiger partial charge in [-0.2, -0.15) is 6.07 Å². The SMILES string of the molecule is CC(C)(C)B1OB(c2cccc(C(C)(C)C)c2N2[CH-]N(c3[c-]c(Oc4[c-]c5c(cc4)c4cc(-c6ccccc6)ccc4n5-c4cc(C(C)(C)C)ccn4)cnc3)c3ccccc32)OB(C(C)(C)C)O1.[Pt]. The predicted molar refractivity (Wildman–Crippen MR) is 284 cm³/mol. The van der Waals surface area contributed by atoms with E-state index in [2.05, 4.69) is 219 Å². The molecule has 8 aromatic rings. The number of pyridine rings is 2. The summed E-state index contributed by atoms with van der Waals surface area (Å²) in [6, 6.07) is 47.5. The number of nitrogens with zero attached hydrogens (tertiary/aromatic N) is 5. The number of aromatic nitrogens is 3. The van der Waals surface area contributed by atoms with Crippen molar-refractivity contribution in [3.8, 4) is 28.4 Å². The molecular weight excluding hydrogens is 1050 g/mol. The van der Waals surface area contributed by atoms with Gasteiger partial charge in [0.25, 0.3) is 0 Å². The second kappa shape index (κ2) is 18.5. The first kappa shape index (κ1) is 49.3. The van der Waals surface area contributed by atoms with Crippen molar-refractivity contribution < 1.29 is 39.5 Å². The summed E-state index contributed by atoms with van der Waals surface area (Å²) < 4.78 is 28.9. The number of hydrogen-bond donors (Lipinski definition) is 0. The third kappa shape index (κ3) is 9.48. The molecule has 0 amide bonds. The Morgan fingerprint density at radius 1 is 0.600 bits per heavy atom. The molecule has 0 saturated carbocycles. The maximum atomic E-state index is 6.78. The van der Waals surface area contributed by atoms with E-state index in [0.717, 1.165) is 66.8 Å². The standard InChI is InChI=1S/C57H59B3N5O4.Pt/c1-54(2,3)40-29-30-62-52(32-40)65-48-28-25-39(38-19-14-13-15-20-38)31-45(48)44-27-26-42(34-51(44)65)66-43-33-41(35-61-36-43)63-37-64(50-24-17-16-23-49(50)63)53-46(55(4,5)6)21-18-22-47(53)58-67-59(56(7,8)9)69-60(68-58)57(10,11)12;/h13-32,35-37H,1-12H3;/q-3;. The van der Waals surface area contributed by atoms with Crippen LogP contribution in [-0.4, -0.2) is 35.9 Å². The maximum Gasteiger partial charge on any atom is 0.468 e. The number of ether oxygens (including phenoxy) is 1. The molecule has 10 rings (SSSR count). The van der Waals surface area contributed by atoms with Crippen LogP contribution in [0.4, 0.5) is 22.7 Å². The molecule has 5 aromatic carbocycles. The van der Waals surface area contributed by atoms with Gasteiger partial charge in [0.15, 0.2) is 0 Å². The van der Waals surface area contributed by atoms with Crippen LogP contribution < -0.4 is 20.0 Å². The molecule has 2 aliphatic heterocycles. The van der Waals surface area contributed by atoms with Gasteiger partial charge in [0.05, 0.1) is 0 Å². The van der Waals surface area contributed by atoms with Gasteiger partial charge < -0.3 is 37.8 Å². The topological polar surface area (TPSA) is 74.1 Å². The van der Waals surface area contributed by atoms with Crippen molar-refractivity contribution in [2.24, 2.45) is 0 Å². The first-order valence-corrected chi connectivity index (χ1v) is 23.9. The Morgan fingerprint density at radius 3 is 1.96 bits per heavy atom. The summed E-state index contributed by atoms with van der Waals surface area (Å²) in [7, 11) is -1.68. The van der Waals surface area contributed by atoms with Gasteiger partial charge in [0, 0.05) is 66.8 Å². The molecule has 3 aromatic heterocycles. The fourth-order valence-electron chi connectivity index (χ4n) is 9.20. The van der Waals surface area contributed by atoms with Gasteiger partial charge in [-0.25, -0.2) is 4.98 Å². The molecule has 70 heavy (non-hydrogen) atoms. The van der Waals surface area contributed by atoms with Crippen molar-refractivity contribution in [3.63, 3.8) is 0 Å². The number of anilines is 4. The van der Waals surface area contributed by atoms with Crippen LogP contribution >= 0.6 is 0 Å². The number of hydrogen-bond acceptors (Lipinski definition) is 8. The molecule has 0 atom stereocenters. The van der Waals surface area contributed by atoms with Crippen molar-refractivity contribution >= 4 is 71.4 Å². The molecule has 0 spiro atoms. The van der Waals surface area contributed by atoms with E-state index in [1.165, 1.54) is 5.56 Å². The van der Waals surface area contributed by atoms with Crippen LogP contribution in [0.15, 0.2) is 134 Å². The first-order valence-electron chi connectivity index (χ1n) is 23.9. The molecule has 2 aliphatic rings. The molecule has 0 unspecified atom stereocenters. The Balaban J connectivity index is 0.00000608. The second-order valence-electron chi connectivity index (χ2n) is 22.5. The summed E-state index contributed by atoms with van der Waals surface area (Å²) in [6.07, 6.45) is 5.41. The molecule has 358 valence electrons. The summed E-state index contributed by atoms with van der Waals surface area (Å²) in [5.41, 5.74) is 10.8. The van der Waals surface area contributed by atoms with Crippen molar-refractivity contribution in [1.29, 1.82) is 0 Å². The largest absolute Gasteiger partial charge is 0.508 e. The number of rotatable bonds is 7. The summed E-state index contributed by atoms with van der Waals surface area (Å²) in [4.78, 5) is 14.0. The Morgan fingerprint density at radius 2 is 1.29 bits per heavy atom. The van der Waals surface area contributed by atoms with Gasteiger partial charge in [-0.3, -0.25) is 0 Å². The van der Waals surface area contributed by atoms with E-state index in [-0.39, 0.29) is 42.5 Å². The minimum absolute atomic E-state index is 0. The van der Waals surface area contributed by atoms with E-state index in [4.69, 9.17) is 28.4 Å².